The molecule has 3 aliphatic heterocycles. The van der Waals surface area contributed by atoms with Crippen LogP contribution in [0.2, 0.25) is 0 Å². The molecule has 0 radical (unpaired) electrons. The van der Waals surface area contributed by atoms with Crippen molar-refractivity contribution in [2.24, 2.45) is 17.3 Å². The van der Waals surface area contributed by atoms with Crippen molar-refractivity contribution in [1.29, 1.82) is 0 Å². The molecule has 1 aromatic carbocycles. The summed E-state index contributed by atoms with van der Waals surface area (Å²) in [6, 6.07) is 8.39. The number of anilines is 1. The van der Waals surface area contributed by atoms with E-state index >= 15 is 0 Å². The molecule has 3 fully saturated rings. The normalized spacial score (nSPS) is 28.9. The zero-order valence-electron chi connectivity index (χ0n) is 25.6. The average Bonchev–Trinajstić information content (AvgIpc) is 3.45. The minimum Gasteiger partial charge on any atom is -0.395 e. The third-order valence-electron chi connectivity index (χ3n) is 9.03. The van der Waals surface area contributed by atoms with Crippen LogP contribution in [0, 0.1) is 17.3 Å². The number of aliphatic hydroxyl groups excluding tert-OH is 1. The van der Waals surface area contributed by atoms with E-state index in [1.54, 1.807) is 22.0 Å². The van der Waals surface area contributed by atoms with Crippen LogP contribution in [-0.2, 0) is 19.1 Å². The number of β-amino-alcohol motifs (C(OH)–C–C–N with tert-alkyl or cyclic N) is 1. The van der Waals surface area contributed by atoms with Gasteiger partial charge in [0.1, 0.15) is 11.6 Å². The maximum absolute atomic E-state index is 14.7. The number of ether oxygens (including phenoxy) is 1. The summed E-state index contributed by atoms with van der Waals surface area (Å²) in [5.74, 6) is -2.36. The quantitative estimate of drug-likeness (QED) is 0.407. The first-order chi connectivity index (χ1) is 19.2. The monoisotopic (exact) mass is 565 g/mol. The summed E-state index contributed by atoms with van der Waals surface area (Å²) < 4.78 is 6.80. The van der Waals surface area contributed by atoms with Crippen molar-refractivity contribution in [3.63, 3.8) is 0 Å². The fourth-order valence-electron chi connectivity index (χ4n) is 7.96. The highest BCUT2D eigenvalue weighted by Gasteiger charge is 2.78. The Morgan fingerprint density at radius 1 is 1.07 bits per heavy atom. The molecule has 1 aromatic rings. The number of likely N-dealkylation sites (tertiary alicyclic amines) is 1. The van der Waals surface area contributed by atoms with E-state index in [0.29, 0.717) is 25.1 Å². The van der Waals surface area contributed by atoms with Gasteiger partial charge in [0.25, 0.3) is 0 Å². The molecule has 224 valence electrons. The molecule has 1 spiro atoms. The van der Waals surface area contributed by atoms with Crippen LogP contribution in [0.1, 0.15) is 60.8 Å². The van der Waals surface area contributed by atoms with Crippen molar-refractivity contribution in [2.45, 2.75) is 83.6 Å². The van der Waals surface area contributed by atoms with Crippen LogP contribution >= 0.6 is 0 Å². The van der Waals surface area contributed by atoms with Crippen molar-refractivity contribution in [3.05, 3.63) is 55.6 Å². The number of carbonyl (C=O) groups excluding carboxylic acids is 3. The number of carbonyl (C=O) groups is 3. The van der Waals surface area contributed by atoms with E-state index in [9.17, 15) is 19.5 Å². The zero-order valence-corrected chi connectivity index (χ0v) is 25.6. The van der Waals surface area contributed by atoms with Crippen molar-refractivity contribution in [2.75, 3.05) is 31.1 Å². The van der Waals surface area contributed by atoms with Gasteiger partial charge in [-0.05, 0) is 57.6 Å². The van der Waals surface area contributed by atoms with E-state index in [1.807, 2.05) is 51.1 Å². The molecular formula is C33H47N3O5. The van der Waals surface area contributed by atoms with E-state index in [2.05, 4.69) is 33.9 Å². The summed E-state index contributed by atoms with van der Waals surface area (Å²) in [5, 5.41) is 10.00. The molecule has 3 aliphatic rings. The Morgan fingerprint density at radius 3 is 2.27 bits per heavy atom. The molecule has 0 saturated carbocycles. The maximum atomic E-state index is 14.7. The highest BCUT2D eigenvalue weighted by Crippen LogP contribution is 2.63. The van der Waals surface area contributed by atoms with Crippen LogP contribution in [0.4, 0.5) is 5.69 Å². The first-order valence-corrected chi connectivity index (χ1v) is 14.7. The molecule has 3 amide bonds. The number of benzene rings is 1. The standard InChI is InChI=1S/C33H47N3O5/c1-9-18-34(23-14-12-11-13-15-23)27(38)24-25-28(39)35(20-21-37)26(33(25)17-16-32(24,8)41-33)29(40)36(19-10-2)31(6,7)22-30(3,4)5/h9-15,24-26,37H,1-2,16-22H2,3-8H3/t24-,25-,26?,32+,33?/m0/s1. The number of fused-ring (bicyclic) bond motifs is 1. The van der Waals surface area contributed by atoms with E-state index < -0.39 is 34.6 Å². The SMILES string of the molecule is C=CCN(C(=O)[C@@H]1[C@H]2C(=O)N(CCO)C(C(=O)N(CC=C)C(C)(C)CC(C)(C)C)C23CC[C@@]1(C)O3)c1ccccc1. The van der Waals surface area contributed by atoms with Crippen molar-refractivity contribution in [1.82, 2.24) is 9.80 Å². The minimum atomic E-state index is -1.16. The summed E-state index contributed by atoms with van der Waals surface area (Å²) >= 11 is 0. The van der Waals surface area contributed by atoms with Gasteiger partial charge in [0.2, 0.25) is 17.7 Å². The predicted molar refractivity (Wildman–Crippen MR) is 160 cm³/mol. The smallest absolute Gasteiger partial charge is 0.249 e. The molecule has 41 heavy (non-hydrogen) atoms. The molecular weight excluding hydrogens is 518 g/mol. The van der Waals surface area contributed by atoms with Crippen LogP contribution in [-0.4, -0.2) is 81.7 Å². The van der Waals surface area contributed by atoms with Crippen molar-refractivity contribution in [3.8, 4) is 0 Å². The molecule has 3 heterocycles. The summed E-state index contributed by atoms with van der Waals surface area (Å²) in [5.41, 5.74) is -1.95. The minimum absolute atomic E-state index is 0.00877. The molecule has 3 saturated heterocycles. The van der Waals surface area contributed by atoms with E-state index in [0.717, 1.165) is 6.42 Å². The maximum Gasteiger partial charge on any atom is 0.249 e. The summed E-state index contributed by atoms with van der Waals surface area (Å²) in [6.07, 6.45) is 5.13. The zero-order chi connectivity index (χ0) is 30.4. The van der Waals surface area contributed by atoms with Gasteiger partial charge in [-0.3, -0.25) is 14.4 Å². The molecule has 1 N–H and O–H groups in total. The summed E-state index contributed by atoms with van der Waals surface area (Å²) in [4.78, 5) is 48.2. The number of aliphatic hydroxyl groups is 1. The van der Waals surface area contributed by atoms with Crippen LogP contribution in [0.3, 0.4) is 0 Å². The number of hydrogen-bond acceptors (Lipinski definition) is 5. The van der Waals surface area contributed by atoms with Gasteiger partial charge < -0.3 is 24.5 Å². The first kappa shape index (κ1) is 31.0. The van der Waals surface area contributed by atoms with Crippen molar-refractivity contribution >= 4 is 23.4 Å². The van der Waals surface area contributed by atoms with Crippen LogP contribution in [0.5, 0.6) is 0 Å². The van der Waals surface area contributed by atoms with Gasteiger partial charge in [0.05, 0.1) is 24.0 Å². The van der Waals surface area contributed by atoms with Gasteiger partial charge in [-0.25, -0.2) is 0 Å². The van der Waals surface area contributed by atoms with Crippen LogP contribution in [0.25, 0.3) is 0 Å². The average molecular weight is 566 g/mol. The first-order valence-electron chi connectivity index (χ1n) is 14.7. The van der Waals surface area contributed by atoms with Crippen LogP contribution < -0.4 is 4.90 Å². The van der Waals surface area contributed by atoms with Gasteiger partial charge in [0, 0.05) is 30.9 Å². The highest BCUT2D eigenvalue weighted by molar-refractivity contribution is 6.03. The fraction of sp³-hybridized carbons (Fsp3) is 0.606. The van der Waals surface area contributed by atoms with Gasteiger partial charge in [-0.15, -0.1) is 13.2 Å². The molecule has 2 unspecified atom stereocenters. The van der Waals surface area contributed by atoms with Gasteiger partial charge in [-0.2, -0.15) is 0 Å². The Morgan fingerprint density at radius 2 is 1.71 bits per heavy atom. The van der Waals surface area contributed by atoms with Gasteiger partial charge >= 0.3 is 0 Å². The molecule has 2 bridgehead atoms. The Bertz CT molecular complexity index is 1190. The Hall–Kier alpha value is -2.97. The second-order valence-electron chi connectivity index (χ2n) is 13.8. The third-order valence-corrected chi connectivity index (χ3v) is 9.03. The Balaban J connectivity index is 1.79. The van der Waals surface area contributed by atoms with Crippen LogP contribution in [0.15, 0.2) is 55.6 Å². The summed E-state index contributed by atoms with van der Waals surface area (Å²) in [6.45, 7) is 20.4. The molecule has 8 heteroatoms. The molecule has 0 aromatic heterocycles. The molecule has 0 aliphatic carbocycles. The van der Waals surface area contributed by atoms with Gasteiger partial charge in [-0.1, -0.05) is 51.1 Å². The van der Waals surface area contributed by atoms with E-state index in [-0.39, 0.29) is 42.8 Å². The fourth-order valence-corrected chi connectivity index (χ4v) is 7.96. The van der Waals surface area contributed by atoms with Crippen molar-refractivity contribution < 1.29 is 24.2 Å². The van der Waals surface area contributed by atoms with E-state index in [4.69, 9.17) is 4.74 Å². The lowest BCUT2D eigenvalue weighted by Crippen LogP contribution is -2.61. The molecule has 4 rings (SSSR count). The molecule has 5 atom stereocenters. The number of hydrogen-bond donors (Lipinski definition) is 1. The molecule has 8 nitrogen and oxygen atoms in total. The second-order valence-corrected chi connectivity index (χ2v) is 13.8. The number of rotatable bonds is 11. The lowest BCUT2D eigenvalue weighted by molar-refractivity contribution is -0.156. The number of para-hydroxylation sites is 1. The Labute approximate surface area is 245 Å². The largest absolute Gasteiger partial charge is 0.395 e. The summed E-state index contributed by atoms with van der Waals surface area (Å²) in [7, 11) is 0. The Kier molecular flexibility index (Phi) is 8.33. The lowest BCUT2D eigenvalue weighted by atomic mass is 9.65. The van der Waals surface area contributed by atoms with Gasteiger partial charge in [0.15, 0.2) is 0 Å². The predicted octanol–water partition coefficient (Wildman–Crippen LogP) is 4.19. The topological polar surface area (TPSA) is 90.4 Å². The number of nitrogens with zero attached hydrogens (tertiary/aromatic N) is 3. The second kappa shape index (κ2) is 11.0. The lowest BCUT2D eigenvalue weighted by Gasteiger charge is -2.45. The highest BCUT2D eigenvalue weighted by atomic mass is 16.5. The van der Waals surface area contributed by atoms with E-state index in [1.165, 1.54) is 4.90 Å². The third kappa shape index (κ3) is 5.25. The number of amides is 3.